The maximum atomic E-state index is 13.4. The molecule has 0 aromatic heterocycles. The van der Waals surface area contributed by atoms with Crippen LogP contribution in [-0.4, -0.2) is 26.6 Å². The van der Waals surface area contributed by atoms with Crippen LogP contribution in [-0.2, 0) is 14.8 Å². The fourth-order valence-corrected chi connectivity index (χ4v) is 4.98. The molecule has 0 aliphatic carbocycles. The third kappa shape index (κ3) is 5.67. The van der Waals surface area contributed by atoms with Crippen molar-refractivity contribution in [3.63, 3.8) is 0 Å². The monoisotopic (exact) mass is 581 g/mol. The predicted octanol–water partition coefficient (Wildman–Crippen LogP) is 4.99. The molecule has 0 spiro atoms. The number of hydrogen-bond acceptors (Lipinski definition) is 4. The van der Waals surface area contributed by atoms with Crippen LogP contribution in [0.3, 0.4) is 0 Å². The van der Waals surface area contributed by atoms with Crippen LogP contribution in [0.15, 0.2) is 82.8 Å². The van der Waals surface area contributed by atoms with Gasteiger partial charge in [-0.3, -0.25) is 9.10 Å². The van der Waals surface area contributed by atoms with E-state index >= 15 is 0 Å². The Balaban J connectivity index is 1.90. The molecule has 3 aromatic rings. The second kappa shape index (κ2) is 10.5. The highest BCUT2D eigenvalue weighted by molar-refractivity contribution is 14.1. The summed E-state index contributed by atoms with van der Waals surface area (Å²) in [4.78, 5) is 12.8. The molecule has 1 N–H and O–H groups in total. The predicted molar refractivity (Wildman–Crippen MR) is 137 cm³/mol. The summed E-state index contributed by atoms with van der Waals surface area (Å²) in [6.07, 6.45) is 0. The zero-order valence-corrected chi connectivity index (χ0v) is 21.1. The Kier molecular flexibility index (Phi) is 7.91. The van der Waals surface area contributed by atoms with Crippen LogP contribution in [0.2, 0.25) is 5.02 Å². The first-order chi connectivity index (χ1) is 15.2. The highest BCUT2D eigenvalue weighted by Crippen LogP contribution is 2.30. The summed E-state index contributed by atoms with van der Waals surface area (Å²) in [7, 11) is -4.02. The number of halogens is 2. The molecule has 9 heteroatoms. The lowest BCUT2D eigenvalue weighted by Crippen LogP contribution is -2.40. The van der Waals surface area contributed by atoms with Gasteiger partial charge in [0, 0.05) is 8.59 Å². The summed E-state index contributed by atoms with van der Waals surface area (Å²) >= 11 is 8.43. The van der Waals surface area contributed by atoms with Gasteiger partial charge in [0.05, 0.1) is 16.3 Å². The highest BCUT2D eigenvalue weighted by atomic mass is 127. The number of rotatable bonds is 7. The summed E-state index contributed by atoms with van der Waals surface area (Å²) in [5.74, 6) is -0.575. The van der Waals surface area contributed by atoms with Gasteiger partial charge in [-0.15, -0.1) is 0 Å². The second-order valence-corrected chi connectivity index (χ2v) is 10.5. The molecule has 0 atom stereocenters. The SMILES string of the molecule is C/C(=N/NC(=O)CN(c1cccc(Cl)c1C)S(=O)(=O)c1ccccc1)c1ccc(I)cc1. The number of sulfonamides is 1. The normalized spacial score (nSPS) is 11.8. The van der Waals surface area contributed by atoms with Crippen molar-refractivity contribution in [2.75, 3.05) is 10.8 Å². The molecule has 3 rings (SSSR count). The minimum atomic E-state index is -4.02. The Hall–Kier alpha value is -2.43. The minimum absolute atomic E-state index is 0.0748. The molecule has 0 aliphatic heterocycles. The molecule has 166 valence electrons. The molecule has 0 radical (unpaired) electrons. The number of benzene rings is 3. The first-order valence-corrected chi connectivity index (χ1v) is 12.5. The third-order valence-corrected chi connectivity index (χ3v) is 7.64. The van der Waals surface area contributed by atoms with Gasteiger partial charge >= 0.3 is 0 Å². The molecule has 1 amide bonds. The largest absolute Gasteiger partial charge is 0.271 e. The molecule has 0 saturated carbocycles. The molecule has 0 unspecified atom stereocenters. The van der Waals surface area contributed by atoms with E-state index in [0.717, 1.165) is 13.4 Å². The summed E-state index contributed by atoms with van der Waals surface area (Å²) in [6, 6.07) is 20.6. The average molecular weight is 582 g/mol. The van der Waals surface area contributed by atoms with Crippen molar-refractivity contribution in [3.8, 4) is 0 Å². The van der Waals surface area contributed by atoms with Crippen molar-refractivity contribution in [2.24, 2.45) is 5.10 Å². The maximum Gasteiger partial charge on any atom is 0.264 e. The number of nitrogens with zero attached hydrogens (tertiary/aromatic N) is 2. The number of amides is 1. The van der Waals surface area contributed by atoms with Gasteiger partial charge in [-0.1, -0.05) is 48.0 Å². The van der Waals surface area contributed by atoms with Gasteiger partial charge in [-0.25, -0.2) is 13.8 Å². The van der Waals surface area contributed by atoms with Gasteiger partial charge in [-0.05, 0) is 84.0 Å². The molecule has 6 nitrogen and oxygen atoms in total. The van der Waals surface area contributed by atoms with Crippen molar-refractivity contribution >= 4 is 61.5 Å². The lowest BCUT2D eigenvalue weighted by atomic mass is 10.1. The van der Waals surface area contributed by atoms with Crippen LogP contribution in [0.25, 0.3) is 0 Å². The molecular weight excluding hydrogens is 561 g/mol. The zero-order chi connectivity index (χ0) is 23.3. The Labute approximate surface area is 206 Å². The number of carbonyl (C=O) groups is 1. The number of hydrogen-bond donors (Lipinski definition) is 1. The Morgan fingerprint density at radius 2 is 1.69 bits per heavy atom. The molecule has 0 saturated heterocycles. The minimum Gasteiger partial charge on any atom is -0.271 e. The van der Waals surface area contributed by atoms with Crippen molar-refractivity contribution in [3.05, 3.63) is 92.5 Å². The third-order valence-electron chi connectivity index (χ3n) is 4.74. The summed E-state index contributed by atoms with van der Waals surface area (Å²) in [6.45, 7) is 3.02. The Morgan fingerprint density at radius 3 is 2.34 bits per heavy atom. The van der Waals surface area contributed by atoms with E-state index in [1.807, 2.05) is 24.3 Å². The van der Waals surface area contributed by atoms with Gasteiger partial charge < -0.3 is 0 Å². The lowest BCUT2D eigenvalue weighted by molar-refractivity contribution is -0.119. The van der Waals surface area contributed by atoms with E-state index in [1.54, 1.807) is 50.2 Å². The Bertz CT molecular complexity index is 1250. The summed E-state index contributed by atoms with van der Waals surface area (Å²) in [5, 5.41) is 4.54. The first kappa shape index (κ1) is 24.2. The van der Waals surface area contributed by atoms with Crippen molar-refractivity contribution < 1.29 is 13.2 Å². The van der Waals surface area contributed by atoms with Crippen molar-refractivity contribution in [1.82, 2.24) is 5.43 Å². The number of carbonyl (C=O) groups excluding carboxylic acids is 1. The van der Waals surface area contributed by atoms with Gasteiger partial charge in [0.1, 0.15) is 6.54 Å². The Morgan fingerprint density at radius 1 is 1.03 bits per heavy atom. The average Bonchev–Trinajstić information content (AvgIpc) is 2.79. The van der Waals surface area contributed by atoms with Crippen molar-refractivity contribution in [1.29, 1.82) is 0 Å². The zero-order valence-electron chi connectivity index (χ0n) is 17.4. The smallest absolute Gasteiger partial charge is 0.264 e. The van der Waals surface area contributed by atoms with Gasteiger partial charge in [-0.2, -0.15) is 5.10 Å². The van der Waals surface area contributed by atoms with Gasteiger partial charge in [0.2, 0.25) is 0 Å². The van der Waals surface area contributed by atoms with Gasteiger partial charge in [0.15, 0.2) is 0 Å². The fourth-order valence-electron chi connectivity index (χ4n) is 2.95. The van der Waals surface area contributed by atoms with E-state index in [4.69, 9.17) is 11.6 Å². The van der Waals surface area contributed by atoms with E-state index < -0.39 is 22.5 Å². The lowest BCUT2D eigenvalue weighted by Gasteiger charge is -2.25. The second-order valence-electron chi connectivity index (χ2n) is 6.95. The fraction of sp³-hybridized carbons (Fsp3) is 0.130. The molecule has 0 fully saturated rings. The molecule has 0 bridgehead atoms. The highest BCUT2D eigenvalue weighted by Gasteiger charge is 2.28. The van der Waals surface area contributed by atoms with E-state index in [2.05, 4.69) is 33.1 Å². The number of hydrazone groups is 1. The van der Waals surface area contributed by atoms with Crippen molar-refractivity contribution in [2.45, 2.75) is 18.7 Å². The topological polar surface area (TPSA) is 78.8 Å². The quantitative estimate of drug-likeness (QED) is 0.243. The molecular formula is C23H21ClIN3O3S. The molecule has 3 aromatic carbocycles. The standard InChI is InChI=1S/C23H21ClIN3O3S/c1-16-21(24)9-6-10-22(16)28(32(30,31)20-7-4-3-5-8-20)15-23(29)27-26-17(2)18-11-13-19(25)14-12-18/h3-14H,15H2,1-2H3,(H,27,29)/b26-17-. The van der Waals surface area contributed by atoms with E-state index in [9.17, 15) is 13.2 Å². The van der Waals surface area contributed by atoms with Crippen LogP contribution in [0, 0.1) is 10.5 Å². The van der Waals surface area contributed by atoms with Crippen LogP contribution < -0.4 is 9.73 Å². The number of nitrogens with one attached hydrogen (secondary N) is 1. The van der Waals surface area contributed by atoms with Crippen LogP contribution in [0.5, 0.6) is 0 Å². The van der Waals surface area contributed by atoms with E-state index in [1.165, 1.54) is 12.1 Å². The summed E-state index contributed by atoms with van der Waals surface area (Å²) in [5.41, 5.74) is 4.80. The van der Waals surface area contributed by atoms with E-state index in [0.29, 0.717) is 22.0 Å². The van der Waals surface area contributed by atoms with Crippen LogP contribution >= 0.6 is 34.2 Å². The summed E-state index contributed by atoms with van der Waals surface area (Å²) < 4.78 is 28.9. The van der Waals surface area contributed by atoms with Crippen LogP contribution in [0.4, 0.5) is 5.69 Å². The number of anilines is 1. The first-order valence-electron chi connectivity index (χ1n) is 9.62. The molecule has 32 heavy (non-hydrogen) atoms. The molecule has 0 heterocycles. The van der Waals surface area contributed by atoms with Gasteiger partial charge in [0.25, 0.3) is 15.9 Å². The maximum absolute atomic E-state index is 13.4. The van der Waals surface area contributed by atoms with Crippen LogP contribution in [0.1, 0.15) is 18.1 Å². The van der Waals surface area contributed by atoms with E-state index in [-0.39, 0.29) is 4.90 Å². The molecule has 0 aliphatic rings.